The van der Waals surface area contributed by atoms with Crippen LogP contribution in [0.4, 0.5) is 0 Å². The first-order valence-corrected chi connectivity index (χ1v) is 8.06. The molecule has 0 saturated heterocycles. The summed E-state index contributed by atoms with van der Waals surface area (Å²) in [6.07, 6.45) is 8.91. The van der Waals surface area contributed by atoms with Crippen LogP contribution in [0.2, 0.25) is 0 Å². The van der Waals surface area contributed by atoms with Crippen LogP contribution in [0.25, 0.3) is 11.3 Å². The number of aliphatic hydroxyl groups is 1. The number of rotatable bonds is 1. The van der Waals surface area contributed by atoms with Gasteiger partial charge in [0.1, 0.15) is 0 Å². The molecule has 4 nitrogen and oxygen atoms in total. The van der Waals surface area contributed by atoms with Gasteiger partial charge in [-0.05, 0) is 30.0 Å². The van der Waals surface area contributed by atoms with Crippen LogP contribution in [0.15, 0.2) is 55.2 Å². The van der Waals surface area contributed by atoms with Gasteiger partial charge in [-0.1, -0.05) is 24.3 Å². The summed E-state index contributed by atoms with van der Waals surface area (Å²) in [5.74, 6) is 0.142. The van der Waals surface area contributed by atoms with E-state index in [1.807, 2.05) is 31.0 Å². The molecule has 114 valence electrons. The molecule has 1 N–H and O–H groups in total. The Morgan fingerprint density at radius 1 is 1.04 bits per heavy atom. The third-order valence-electron chi connectivity index (χ3n) is 5.34. The summed E-state index contributed by atoms with van der Waals surface area (Å²) < 4.78 is 2.22. The van der Waals surface area contributed by atoms with Crippen molar-refractivity contribution in [3.05, 3.63) is 71.9 Å². The second-order valence-electron chi connectivity index (χ2n) is 6.44. The van der Waals surface area contributed by atoms with Crippen LogP contribution in [-0.4, -0.2) is 19.6 Å². The van der Waals surface area contributed by atoms with Gasteiger partial charge in [0, 0.05) is 29.4 Å². The van der Waals surface area contributed by atoms with Gasteiger partial charge in [0.2, 0.25) is 0 Å². The third-order valence-corrected chi connectivity index (χ3v) is 5.34. The van der Waals surface area contributed by atoms with E-state index in [-0.39, 0.29) is 12.0 Å². The zero-order valence-electron chi connectivity index (χ0n) is 12.6. The number of aliphatic hydroxyl groups excluding tert-OH is 1. The SMILES string of the molecule is O[C@@H]1c2cnccc2CC[C@H]1[C@@H]1c2ccccc2-c2cncn21. The lowest BCUT2D eigenvalue weighted by Gasteiger charge is -2.35. The fraction of sp³-hybridized carbons (Fsp3) is 0.263. The number of aromatic nitrogens is 3. The van der Waals surface area contributed by atoms with Crippen molar-refractivity contribution in [3.8, 4) is 11.3 Å². The molecule has 0 spiro atoms. The topological polar surface area (TPSA) is 50.9 Å². The fourth-order valence-electron chi connectivity index (χ4n) is 4.28. The monoisotopic (exact) mass is 303 g/mol. The molecule has 4 heteroatoms. The first-order chi connectivity index (χ1) is 11.3. The number of fused-ring (bicyclic) bond motifs is 4. The van der Waals surface area contributed by atoms with E-state index in [0.29, 0.717) is 0 Å². The summed E-state index contributed by atoms with van der Waals surface area (Å²) in [5, 5.41) is 11.0. The largest absolute Gasteiger partial charge is 0.388 e. The molecule has 0 fully saturated rings. The summed E-state index contributed by atoms with van der Waals surface area (Å²) in [4.78, 5) is 8.54. The number of benzene rings is 1. The molecule has 0 bridgehead atoms. The molecule has 1 aliphatic carbocycles. The van der Waals surface area contributed by atoms with Crippen LogP contribution in [0.3, 0.4) is 0 Å². The average molecular weight is 303 g/mol. The number of hydrogen-bond donors (Lipinski definition) is 1. The molecule has 0 amide bonds. The van der Waals surface area contributed by atoms with Crippen molar-refractivity contribution in [2.24, 2.45) is 5.92 Å². The van der Waals surface area contributed by atoms with E-state index in [1.165, 1.54) is 16.7 Å². The van der Waals surface area contributed by atoms with Crippen LogP contribution in [0.5, 0.6) is 0 Å². The van der Waals surface area contributed by atoms with Crippen LogP contribution in [0, 0.1) is 5.92 Å². The van der Waals surface area contributed by atoms with Crippen molar-refractivity contribution in [1.29, 1.82) is 0 Å². The Morgan fingerprint density at radius 2 is 1.96 bits per heavy atom. The van der Waals surface area contributed by atoms with Gasteiger partial charge in [0.15, 0.2) is 0 Å². The van der Waals surface area contributed by atoms with Gasteiger partial charge in [-0.25, -0.2) is 4.98 Å². The van der Waals surface area contributed by atoms with Gasteiger partial charge in [0.05, 0.1) is 30.4 Å². The molecule has 3 aromatic rings. The van der Waals surface area contributed by atoms with E-state index in [1.54, 1.807) is 0 Å². The quantitative estimate of drug-likeness (QED) is 0.751. The Balaban J connectivity index is 1.64. The van der Waals surface area contributed by atoms with Gasteiger partial charge in [-0.15, -0.1) is 0 Å². The van der Waals surface area contributed by atoms with E-state index in [4.69, 9.17) is 0 Å². The zero-order valence-corrected chi connectivity index (χ0v) is 12.6. The summed E-state index contributed by atoms with van der Waals surface area (Å²) in [5.41, 5.74) is 5.88. The molecule has 23 heavy (non-hydrogen) atoms. The highest BCUT2D eigenvalue weighted by Crippen LogP contribution is 2.49. The minimum absolute atomic E-state index is 0.142. The summed E-state index contributed by atoms with van der Waals surface area (Å²) in [6.45, 7) is 0. The van der Waals surface area contributed by atoms with Gasteiger partial charge >= 0.3 is 0 Å². The van der Waals surface area contributed by atoms with Gasteiger partial charge in [0.25, 0.3) is 0 Å². The maximum absolute atomic E-state index is 11.0. The molecule has 1 aliphatic heterocycles. The highest BCUT2D eigenvalue weighted by Gasteiger charge is 2.40. The van der Waals surface area contributed by atoms with E-state index < -0.39 is 6.10 Å². The van der Waals surface area contributed by atoms with Gasteiger partial charge in [-0.2, -0.15) is 0 Å². The third kappa shape index (κ3) is 1.75. The van der Waals surface area contributed by atoms with Crippen molar-refractivity contribution in [2.75, 3.05) is 0 Å². The molecule has 3 atom stereocenters. The Kier molecular flexibility index (Phi) is 2.70. The number of pyridine rings is 1. The van der Waals surface area contributed by atoms with E-state index in [9.17, 15) is 5.11 Å². The second kappa shape index (κ2) is 4.77. The van der Waals surface area contributed by atoms with Crippen LogP contribution < -0.4 is 0 Å². The van der Waals surface area contributed by atoms with Crippen LogP contribution >= 0.6 is 0 Å². The van der Waals surface area contributed by atoms with E-state index >= 15 is 0 Å². The minimum atomic E-state index is -0.487. The van der Waals surface area contributed by atoms with E-state index in [0.717, 1.165) is 24.1 Å². The van der Waals surface area contributed by atoms with E-state index in [2.05, 4.69) is 38.8 Å². The fourth-order valence-corrected chi connectivity index (χ4v) is 4.28. The predicted octanol–water partition coefficient (Wildman–Crippen LogP) is 3.14. The maximum atomic E-state index is 11.0. The molecular formula is C19H17N3O. The molecule has 1 aromatic carbocycles. The number of hydrogen-bond acceptors (Lipinski definition) is 3. The number of aryl methyl sites for hydroxylation is 1. The maximum Gasteiger partial charge on any atom is 0.0956 e. The van der Waals surface area contributed by atoms with Crippen molar-refractivity contribution in [2.45, 2.75) is 25.0 Å². The zero-order chi connectivity index (χ0) is 15.4. The Hall–Kier alpha value is -2.46. The average Bonchev–Trinajstić information content (AvgIpc) is 3.17. The number of nitrogens with zero attached hydrogens (tertiary/aromatic N) is 3. The van der Waals surface area contributed by atoms with Crippen molar-refractivity contribution >= 4 is 0 Å². The Labute approximate surface area is 134 Å². The molecule has 2 aromatic heterocycles. The summed E-state index contributed by atoms with van der Waals surface area (Å²) in [6, 6.07) is 10.6. The van der Waals surface area contributed by atoms with Crippen molar-refractivity contribution in [3.63, 3.8) is 0 Å². The molecule has 3 heterocycles. The first kappa shape index (κ1) is 13.0. The summed E-state index contributed by atoms with van der Waals surface area (Å²) >= 11 is 0. The molecular weight excluding hydrogens is 286 g/mol. The molecule has 2 aliphatic rings. The molecule has 0 radical (unpaired) electrons. The lowest BCUT2D eigenvalue weighted by Crippen LogP contribution is -2.28. The van der Waals surface area contributed by atoms with Crippen LogP contribution in [0.1, 0.15) is 35.3 Å². The molecule has 5 rings (SSSR count). The highest BCUT2D eigenvalue weighted by atomic mass is 16.3. The standard InChI is InChI=1S/C19H17N3O/c23-19-15(6-5-12-7-8-20-9-16(12)19)18-14-4-2-1-3-13(14)17-10-21-11-22(17)18/h1-4,7-11,15,18-19,23H,5-6H2/t15-,18-,19-/m0/s1. The lowest BCUT2D eigenvalue weighted by atomic mass is 9.76. The Morgan fingerprint density at radius 3 is 2.91 bits per heavy atom. The van der Waals surface area contributed by atoms with Crippen molar-refractivity contribution < 1.29 is 5.11 Å². The predicted molar refractivity (Wildman–Crippen MR) is 86.8 cm³/mol. The highest BCUT2D eigenvalue weighted by molar-refractivity contribution is 5.69. The Bertz CT molecular complexity index is 886. The van der Waals surface area contributed by atoms with Gasteiger partial charge < -0.3 is 9.67 Å². The minimum Gasteiger partial charge on any atom is -0.388 e. The van der Waals surface area contributed by atoms with Crippen LogP contribution in [-0.2, 0) is 6.42 Å². The second-order valence-corrected chi connectivity index (χ2v) is 6.44. The first-order valence-electron chi connectivity index (χ1n) is 8.06. The smallest absolute Gasteiger partial charge is 0.0956 e. The lowest BCUT2D eigenvalue weighted by molar-refractivity contribution is 0.0717. The van der Waals surface area contributed by atoms with Crippen molar-refractivity contribution in [1.82, 2.24) is 14.5 Å². The molecule has 0 unspecified atom stereocenters. The summed E-state index contributed by atoms with van der Waals surface area (Å²) in [7, 11) is 0. The number of imidazole rings is 1. The normalized spacial score (nSPS) is 24.8. The van der Waals surface area contributed by atoms with Gasteiger partial charge in [-0.3, -0.25) is 4.98 Å². The molecule has 0 saturated carbocycles.